The summed E-state index contributed by atoms with van der Waals surface area (Å²) in [4.78, 5) is 30.2. The lowest BCUT2D eigenvalue weighted by Gasteiger charge is -2.18. The molecule has 0 N–H and O–H groups in total. The van der Waals surface area contributed by atoms with Gasteiger partial charge in [-0.25, -0.2) is 4.98 Å². The molecule has 17 heavy (non-hydrogen) atoms. The van der Waals surface area contributed by atoms with Crippen molar-refractivity contribution in [2.45, 2.75) is 0 Å². The van der Waals surface area contributed by atoms with Gasteiger partial charge < -0.3 is 9.80 Å². The van der Waals surface area contributed by atoms with Gasteiger partial charge in [0.05, 0.1) is 6.54 Å². The molecule has 1 heterocycles. The lowest BCUT2D eigenvalue weighted by Crippen LogP contribution is -2.38. The van der Waals surface area contributed by atoms with Gasteiger partial charge in [-0.05, 0) is 28.1 Å². The Morgan fingerprint density at radius 1 is 1.29 bits per heavy atom. The maximum atomic E-state index is 11.9. The van der Waals surface area contributed by atoms with Gasteiger partial charge in [0, 0.05) is 21.1 Å². The molecule has 1 aromatic rings. The highest BCUT2D eigenvalue weighted by atomic mass is 79.9. The molecular weight excluding hydrogens is 286 g/mol. The second-order valence-corrected chi connectivity index (χ2v) is 4.61. The molecule has 2 amide bonds. The van der Waals surface area contributed by atoms with Gasteiger partial charge in [0.25, 0.3) is 5.91 Å². The molecule has 0 aliphatic heterocycles. The number of amides is 2. The fraction of sp³-hybridized carbons (Fsp3) is 0.364. The van der Waals surface area contributed by atoms with E-state index in [9.17, 15) is 9.59 Å². The Balaban J connectivity index is 2.73. The van der Waals surface area contributed by atoms with Crippen molar-refractivity contribution < 1.29 is 9.59 Å². The van der Waals surface area contributed by atoms with E-state index in [4.69, 9.17) is 0 Å². The molecule has 0 atom stereocenters. The molecule has 0 bridgehead atoms. The van der Waals surface area contributed by atoms with Crippen LogP contribution in [0.3, 0.4) is 0 Å². The zero-order valence-electron chi connectivity index (χ0n) is 9.98. The van der Waals surface area contributed by atoms with E-state index in [-0.39, 0.29) is 18.4 Å². The van der Waals surface area contributed by atoms with Crippen molar-refractivity contribution in [1.82, 2.24) is 14.8 Å². The molecule has 0 radical (unpaired) electrons. The third-order valence-corrected chi connectivity index (χ3v) is 2.59. The summed E-state index contributed by atoms with van der Waals surface area (Å²) in [5.41, 5.74) is 0.313. The normalized spacial score (nSPS) is 9.88. The van der Waals surface area contributed by atoms with Crippen LogP contribution >= 0.6 is 15.9 Å². The summed E-state index contributed by atoms with van der Waals surface area (Å²) in [5.74, 6) is -0.405. The highest BCUT2D eigenvalue weighted by Crippen LogP contribution is 2.08. The lowest BCUT2D eigenvalue weighted by molar-refractivity contribution is -0.129. The first-order valence-corrected chi connectivity index (χ1v) is 5.79. The van der Waals surface area contributed by atoms with Gasteiger partial charge in [-0.3, -0.25) is 9.59 Å². The lowest BCUT2D eigenvalue weighted by atomic mass is 10.3. The van der Waals surface area contributed by atoms with E-state index in [2.05, 4.69) is 20.9 Å². The first-order valence-electron chi connectivity index (χ1n) is 5.00. The average molecular weight is 300 g/mol. The van der Waals surface area contributed by atoms with Crippen molar-refractivity contribution in [3.63, 3.8) is 0 Å². The summed E-state index contributed by atoms with van der Waals surface area (Å²) in [6.07, 6.45) is 0. The van der Waals surface area contributed by atoms with E-state index < -0.39 is 0 Å². The van der Waals surface area contributed by atoms with Crippen LogP contribution in [0.4, 0.5) is 0 Å². The maximum Gasteiger partial charge on any atom is 0.272 e. The minimum absolute atomic E-state index is 0.0417. The number of hydrogen-bond donors (Lipinski definition) is 0. The first kappa shape index (κ1) is 13.6. The van der Waals surface area contributed by atoms with E-state index in [1.807, 2.05) is 0 Å². The van der Waals surface area contributed by atoms with Crippen LogP contribution in [0.2, 0.25) is 0 Å². The van der Waals surface area contributed by atoms with E-state index in [1.165, 1.54) is 9.80 Å². The summed E-state index contributed by atoms with van der Waals surface area (Å²) in [5, 5.41) is 0. The van der Waals surface area contributed by atoms with Crippen molar-refractivity contribution in [2.75, 3.05) is 27.7 Å². The molecule has 0 saturated carbocycles. The van der Waals surface area contributed by atoms with Gasteiger partial charge in [-0.1, -0.05) is 6.07 Å². The molecule has 0 saturated heterocycles. The Labute approximate surface area is 109 Å². The van der Waals surface area contributed by atoms with Gasteiger partial charge in [-0.15, -0.1) is 0 Å². The molecule has 0 spiro atoms. The van der Waals surface area contributed by atoms with Gasteiger partial charge in [0.2, 0.25) is 5.91 Å². The SMILES string of the molecule is CN(C)C(=O)CN(C)C(=O)c1cccc(Br)n1. The third-order valence-electron chi connectivity index (χ3n) is 2.15. The maximum absolute atomic E-state index is 11.9. The molecule has 0 aliphatic carbocycles. The number of nitrogens with zero attached hydrogens (tertiary/aromatic N) is 3. The van der Waals surface area contributed by atoms with Crippen LogP contribution in [0.25, 0.3) is 0 Å². The predicted octanol–water partition coefficient (Wildman–Crippen LogP) is 1.00. The van der Waals surface area contributed by atoms with Gasteiger partial charge in [0.1, 0.15) is 10.3 Å². The number of carbonyl (C=O) groups excluding carboxylic acids is 2. The smallest absolute Gasteiger partial charge is 0.272 e. The summed E-state index contributed by atoms with van der Waals surface area (Å²) >= 11 is 3.20. The van der Waals surface area contributed by atoms with E-state index >= 15 is 0 Å². The molecule has 0 unspecified atom stereocenters. The largest absolute Gasteiger partial charge is 0.347 e. The van der Waals surface area contributed by atoms with Crippen LogP contribution in [0.15, 0.2) is 22.8 Å². The summed E-state index contributed by atoms with van der Waals surface area (Å²) in [6, 6.07) is 5.08. The molecule has 0 aromatic carbocycles. The van der Waals surface area contributed by atoms with Crippen molar-refractivity contribution in [3.05, 3.63) is 28.5 Å². The number of likely N-dealkylation sites (N-methyl/N-ethyl adjacent to an activating group) is 2. The molecular formula is C11H14BrN3O2. The quantitative estimate of drug-likeness (QED) is 0.783. The van der Waals surface area contributed by atoms with Gasteiger partial charge in [-0.2, -0.15) is 0 Å². The van der Waals surface area contributed by atoms with Crippen molar-refractivity contribution >= 4 is 27.7 Å². The number of carbonyl (C=O) groups is 2. The van der Waals surface area contributed by atoms with Crippen molar-refractivity contribution in [1.29, 1.82) is 0 Å². The molecule has 1 aromatic heterocycles. The van der Waals surface area contributed by atoms with Crippen LogP contribution in [-0.2, 0) is 4.79 Å². The molecule has 5 nitrogen and oxygen atoms in total. The van der Waals surface area contributed by atoms with E-state index in [1.54, 1.807) is 39.3 Å². The topological polar surface area (TPSA) is 53.5 Å². The Morgan fingerprint density at radius 3 is 2.47 bits per heavy atom. The third kappa shape index (κ3) is 3.81. The van der Waals surface area contributed by atoms with Crippen molar-refractivity contribution in [3.8, 4) is 0 Å². The number of aromatic nitrogens is 1. The molecule has 0 aliphatic rings. The first-order chi connectivity index (χ1) is 7.91. The van der Waals surface area contributed by atoms with Crippen LogP contribution in [0.1, 0.15) is 10.5 Å². The number of halogens is 1. The van der Waals surface area contributed by atoms with E-state index in [0.717, 1.165) is 0 Å². The number of pyridine rings is 1. The minimum Gasteiger partial charge on any atom is -0.347 e. The Morgan fingerprint density at radius 2 is 1.94 bits per heavy atom. The minimum atomic E-state index is -0.276. The zero-order chi connectivity index (χ0) is 13.0. The average Bonchev–Trinajstić information content (AvgIpc) is 2.27. The standard InChI is InChI=1S/C11H14BrN3O2/c1-14(2)10(16)7-15(3)11(17)8-5-4-6-9(12)13-8/h4-6H,7H2,1-3H3. The van der Waals surface area contributed by atoms with E-state index in [0.29, 0.717) is 10.3 Å². The monoisotopic (exact) mass is 299 g/mol. The summed E-state index contributed by atoms with van der Waals surface area (Å²) in [7, 11) is 4.88. The van der Waals surface area contributed by atoms with Crippen LogP contribution < -0.4 is 0 Å². The summed E-state index contributed by atoms with van der Waals surface area (Å²) < 4.78 is 0.593. The summed E-state index contributed by atoms with van der Waals surface area (Å²) in [6.45, 7) is 0.0417. The Hall–Kier alpha value is -1.43. The zero-order valence-corrected chi connectivity index (χ0v) is 11.6. The molecule has 6 heteroatoms. The van der Waals surface area contributed by atoms with Gasteiger partial charge in [0.15, 0.2) is 0 Å². The predicted molar refractivity (Wildman–Crippen MR) is 67.6 cm³/mol. The van der Waals surface area contributed by atoms with Crippen LogP contribution in [0, 0.1) is 0 Å². The molecule has 1 rings (SSSR count). The Kier molecular flexibility index (Phi) is 4.62. The highest BCUT2D eigenvalue weighted by Gasteiger charge is 2.16. The van der Waals surface area contributed by atoms with Crippen LogP contribution in [0.5, 0.6) is 0 Å². The highest BCUT2D eigenvalue weighted by molar-refractivity contribution is 9.10. The Bertz CT molecular complexity index is 434. The van der Waals surface area contributed by atoms with Crippen LogP contribution in [-0.4, -0.2) is 54.3 Å². The fourth-order valence-corrected chi connectivity index (χ4v) is 1.48. The molecule has 92 valence electrons. The second-order valence-electron chi connectivity index (χ2n) is 3.79. The second kappa shape index (κ2) is 5.77. The number of rotatable bonds is 3. The number of hydrogen-bond acceptors (Lipinski definition) is 3. The fourth-order valence-electron chi connectivity index (χ4n) is 1.14. The van der Waals surface area contributed by atoms with Gasteiger partial charge >= 0.3 is 0 Å². The van der Waals surface area contributed by atoms with Crippen molar-refractivity contribution in [2.24, 2.45) is 0 Å². The molecule has 0 fully saturated rings.